The number of anilines is 1. The number of ether oxygens (including phenoxy) is 1. The van der Waals surface area contributed by atoms with Gasteiger partial charge in [-0.05, 0) is 48.5 Å². The van der Waals surface area contributed by atoms with Crippen molar-refractivity contribution in [3.05, 3.63) is 89.5 Å². The molecular weight excluding hydrogens is 646 g/mol. The lowest BCUT2D eigenvalue weighted by molar-refractivity contribution is -0.129. The first-order valence-electron chi connectivity index (χ1n) is 13.8. The van der Waals surface area contributed by atoms with Gasteiger partial charge in [0.1, 0.15) is 27.7 Å². The Hall–Kier alpha value is -3.46. The SMILES string of the molecule is CC.CN(C)c1cccc2c(S(=O)N(C)CCN(CC(=O)NO)S(=O)c3cc(F)c(Oc4ccc(Cl)cc4)c(F)c3)cccc12. The van der Waals surface area contributed by atoms with Crippen molar-refractivity contribution in [2.45, 2.75) is 23.6 Å². The molecule has 4 rings (SSSR count). The largest absolute Gasteiger partial charge is 0.451 e. The number of halogens is 3. The highest BCUT2D eigenvalue weighted by Crippen LogP contribution is 2.32. The van der Waals surface area contributed by atoms with Gasteiger partial charge in [0.15, 0.2) is 17.4 Å². The molecule has 0 spiro atoms. The van der Waals surface area contributed by atoms with Crippen LogP contribution in [0.1, 0.15) is 13.8 Å². The Bertz CT molecular complexity index is 1660. The summed E-state index contributed by atoms with van der Waals surface area (Å²) >= 11 is 5.83. The normalized spacial score (nSPS) is 12.4. The standard InChI is InChI=1S/C29H29ClF2N4O5S2.C2H6/c1-34(2)26-8-4-7-23-22(26)6-5-9-27(23)43(40)35(3)14-15-36(18-28(37)33-38)42(39)21-16-24(31)29(25(32)17-21)41-20-12-10-19(30)11-13-20;1-2/h4-13,16-17,38H,14-15,18H2,1-3H3,(H,33,37);1-2H3. The zero-order valence-electron chi connectivity index (χ0n) is 25.4. The van der Waals surface area contributed by atoms with Crippen molar-refractivity contribution in [2.24, 2.45) is 0 Å². The van der Waals surface area contributed by atoms with Gasteiger partial charge in [0.05, 0.1) is 16.3 Å². The van der Waals surface area contributed by atoms with Crippen LogP contribution in [-0.2, 0) is 26.8 Å². The summed E-state index contributed by atoms with van der Waals surface area (Å²) in [6.45, 7) is 3.36. The van der Waals surface area contributed by atoms with Gasteiger partial charge in [-0.25, -0.2) is 31.3 Å². The molecular formula is C31H35ClF2N4O5S2. The second-order valence-corrected chi connectivity index (χ2v) is 13.0. The monoisotopic (exact) mass is 680 g/mol. The van der Waals surface area contributed by atoms with Crippen LogP contribution in [0.3, 0.4) is 0 Å². The van der Waals surface area contributed by atoms with Crippen molar-refractivity contribution in [3.8, 4) is 11.5 Å². The molecule has 2 atom stereocenters. The number of benzene rings is 4. The molecule has 0 radical (unpaired) electrons. The third-order valence-electron chi connectivity index (χ3n) is 6.36. The Labute approximate surface area is 271 Å². The number of nitrogens with one attached hydrogen (secondary N) is 1. The van der Waals surface area contributed by atoms with Gasteiger partial charge in [0.25, 0.3) is 5.91 Å². The molecule has 0 fully saturated rings. The van der Waals surface area contributed by atoms with E-state index in [0.29, 0.717) is 9.92 Å². The van der Waals surface area contributed by atoms with E-state index in [0.717, 1.165) is 32.9 Å². The van der Waals surface area contributed by atoms with Crippen molar-refractivity contribution < 1.29 is 31.9 Å². The van der Waals surface area contributed by atoms with Gasteiger partial charge in [0, 0.05) is 55.7 Å². The highest BCUT2D eigenvalue weighted by atomic mass is 35.5. The molecule has 0 aromatic heterocycles. The number of amides is 1. The average Bonchev–Trinajstić information content (AvgIpc) is 3.04. The van der Waals surface area contributed by atoms with Crippen LogP contribution in [0.15, 0.2) is 82.6 Å². The number of fused-ring (bicyclic) bond motifs is 1. The average molecular weight is 681 g/mol. The second-order valence-electron chi connectivity index (χ2n) is 9.54. The quantitative estimate of drug-likeness (QED) is 0.138. The van der Waals surface area contributed by atoms with Crippen LogP contribution >= 0.6 is 11.6 Å². The summed E-state index contributed by atoms with van der Waals surface area (Å²) in [5, 5.41) is 11.2. The molecule has 0 saturated carbocycles. The highest BCUT2D eigenvalue weighted by molar-refractivity contribution is 7.83. The van der Waals surface area contributed by atoms with E-state index in [1.807, 2.05) is 63.2 Å². The van der Waals surface area contributed by atoms with Crippen LogP contribution in [0.25, 0.3) is 10.8 Å². The molecule has 0 bridgehead atoms. The lowest BCUT2D eigenvalue weighted by atomic mass is 10.1. The number of nitrogens with zero attached hydrogens (tertiary/aromatic N) is 3. The van der Waals surface area contributed by atoms with Crippen LogP contribution in [0.5, 0.6) is 11.5 Å². The Morgan fingerprint density at radius 2 is 1.49 bits per heavy atom. The third-order valence-corrected chi connectivity index (χ3v) is 9.52. The molecule has 0 heterocycles. The van der Waals surface area contributed by atoms with E-state index in [4.69, 9.17) is 21.5 Å². The molecule has 0 aliphatic carbocycles. The van der Waals surface area contributed by atoms with Gasteiger partial charge in [0.2, 0.25) is 0 Å². The van der Waals surface area contributed by atoms with Crippen LogP contribution in [0, 0.1) is 11.6 Å². The van der Waals surface area contributed by atoms with Gasteiger partial charge < -0.3 is 9.64 Å². The maximum Gasteiger partial charge on any atom is 0.258 e. The maximum atomic E-state index is 14.9. The summed E-state index contributed by atoms with van der Waals surface area (Å²) in [5.74, 6) is -3.69. The van der Waals surface area contributed by atoms with E-state index in [1.54, 1.807) is 13.1 Å². The van der Waals surface area contributed by atoms with Gasteiger partial charge in [-0.15, -0.1) is 0 Å². The molecule has 0 saturated heterocycles. The first-order valence-corrected chi connectivity index (χ1v) is 16.4. The molecule has 0 aliphatic heterocycles. The molecule has 2 N–H and O–H groups in total. The Balaban J connectivity index is 0.00000271. The lowest BCUT2D eigenvalue weighted by Crippen LogP contribution is -2.41. The molecule has 0 aliphatic rings. The predicted molar refractivity (Wildman–Crippen MR) is 174 cm³/mol. The number of carbonyl (C=O) groups excluding carboxylic acids is 1. The molecule has 4 aromatic rings. The molecule has 1 amide bonds. The van der Waals surface area contributed by atoms with Crippen LogP contribution in [-0.4, -0.2) is 68.9 Å². The fourth-order valence-electron chi connectivity index (χ4n) is 4.23. The van der Waals surface area contributed by atoms with Crippen LogP contribution < -0.4 is 15.1 Å². The zero-order chi connectivity index (χ0) is 33.3. The molecule has 14 heteroatoms. The van der Waals surface area contributed by atoms with Gasteiger partial charge in [-0.3, -0.25) is 10.0 Å². The van der Waals surface area contributed by atoms with Crippen molar-refractivity contribution >= 4 is 55.9 Å². The lowest BCUT2D eigenvalue weighted by Gasteiger charge is -2.24. The van der Waals surface area contributed by atoms with Gasteiger partial charge in [-0.2, -0.15) is 0 Å². The molecule has 4 aromatic carbocycles. The third kappa shape index (κ3) is 9.06. The minimum absolute atomic E-state index is 0.0452. The first kappa shape index (κ1) is 36.0. The molecule has 45 heavy (non-hydrogen) atoms. The number of hydroxylamine groups is 1. The summed E-state index contributed by atoms with van der Waals surface area (Å²) in [6.07, 6.45) is 0. The summed E-state index contributed by atoms with van der Waals surface area (Å²) in [6, 6.07) is 18.7. The Morgan fingerprint density at radius 1 is 0.889 bits per heavy atom. The fraction of sp³-hybridized carbons (Fsp3) is 0.258. The molecule has 2 unspecified atom stereocenters. The predicted octanol–water partition coefficient (Wildman–Crippen LogP) is 6.14. The van der Waals surface area contributed by atoms with E-state index in [2.05, 4.69) is 0 Å². The summed E-state index contributed by atoms with van der Waals surface area (Å²) in [7, 11) is 1.53. The number of rotatable bonds is 12. The maximum absolute atomic E-state index is 14.9. The Morgan fingerprint density at radius 3 is 2.09 bits per heavy atom. The molecule has 242 valence electrons. The van der Waals surface area contributed by atoms with E-state index in [9.17, 15) is 22.0 Å². The fourth-order valence-corrected chi connectivity index (χ4v) is 6.69. The van der Waals surface area contributed by atoms with Crippen molar-refractivity contribution in [1.29, 1.82) is 0 Å². The minimum atomic E-state index is -2.25. The smallest absolute Gasteiger partial charge is 0.258 e. The number of hydrogen-bond acceptors (Lipinski definition) is 6. The van der Waals surface area contributed by atoms with Crippen LogP contribution in [0.4, 0.5) is 14.5 Å². The Kier molecular flexibility index (Phi) is 13.4. The topological polar surface area (TPSA) is 102 Å². The highest BCUT2D eigenvalue weighted by Gasteiger charge is 2.24. The number of carbonyl (C=O) groups is 1. The first-order chi connectivity index (χ1) is 21.5. The molecule has 9 nitrogen and oxygen atoms in total. The van der Waals surface area contributed by atoms with Crippen LogP contribution in [0.2, 0.25) is 5.02 Å². The summed E-state index contributed by atoms with van der Waals surface area (Å²) in [4.78, 5) is 14.3. The summed E-state index contributed by atoms with van der Waals surface area (Å²) < 4.78 is 64.7. The van der Waals surface area contributed by atoms with E-state index >= 15 is 0 Å². The summed E-state index contributed by atoms with van der Waals surface area (Å²) in [5.41, 5.74) is 2.42. The van der Waals surface area contributed by atoms with Gasteiger partial charge >= 0.3 is 0 Å². The number of hydrogen-bond donors (Lipinski definition) is 2. The van der Waals surface area contributed by atoms with Crippen molar-refractivity contribution in [1.82, 2.24) is 14.1 Å². The number of likely N-dealkylation sites (N-methyl/N-ethyl adjacent to an activating group) is 1. The van der Waals surface area contributed by atoms with E-state index in [-0.39, 0.29) is 23.7 Å². The zero-order valence-corrected chi connectivity index (χ0v) is 27.8. The van der Waals surface area contributed by atoms with E-state index in [1.165, 1.54) is 34.1 Å². The minimum Gasteiger partial charge on any atom is -0.451 e. The van der Waals surface area contributed by atoms with Gasteiger partial charge in [-0.1, -0.05) is 49.7 Å². The van der Waals surface area contributed by atoms with Crippen molar-refractivity contribution in [3.63, 3.8) is 0 Å². The second kappa shape index (κ2) is 16.7. The van der Waals surface area contributed by atoms with Crippen molar-refractivity contribution in [2.75, 3.05) is 45.7 Å². The van der Waals surface area contributed by atoms with E-state index < -0.39 is 51.8 Å².